The number of benzene rings is 2. The van der Waals surface area contributed by atoms with Crippen molar-refractivity contribution in [2.45, 2.75) is 62.6 Å². The summed E-state index contributed by atoms with van der Waals surface area (Å²) in [4.78, 5) is 19.3. The van der Waals surface area contributed by atoms with Crippen LogP contribution in [-0.4, -0.2) is 15.8 Å². The maximum absolute atomic E-state index is 14.2. The molecule has 1 atom stereocenters. The lowest BCUT2D eigenvalue weighted by Crippen LogP contribution is -2.45. The van der Waals surface area contributed by atoms with Crippen LogP contribution >= 0.6 is 11.8 Å². The van der Waals surface area contributed by atoms with Gasteiger partial charge in [0.05, 0.1) is 17.8 Å². The van der Waals surface area contributed by atoms with Crippen LogP contribution in [0.1, 0.15) is 55.7 Å². The van der Waals surface area contributed by atoms with E-state index in [4.69, 9.17) is 4.98 Å². The first-order chi connectivity index (χ1) is 15.1. The highest BCUT2D eigenvalue weighted by atomic mass is 32.2. The van der Waals surface area contributed by atoms with Gasteiger partial charge < -0.3 is 0 Å². The Hall–Kier alpha value is -2.33. The number of nitrogens with zero attached hydrogens (tertiary/aromatic N) is 2. The third-order valence-electron chi connectivity index (χ3n) is 7.41. The normalized spacial score (nSPS) is 20.8. The van der Waals surface area contributed by atoms with E-state index < -0.39 is 0 Å². The Morgan fingerprint density at radius 3 is 2.48 bits per heavy atom. The minimum atomic E-state index is -0.163. The molecule has 31 heavy (non-hydrogen) atoms. The van der Waals surface area contributed by atoms with Crippen LogP contribution in [0.25, 0.3) is 11.3 Å². The zero-order valence-electron chi connectivity index (χ0n) is 18.4. The molecule has 5 rings (SSSR count). The maximum Gasteiger partial charge on any atom is 0.258 e. The van der Waals surface area contributed by atoms with E-state index in [2.05, 4.69) is 43.3 Å². The van der Waals surface area contributed by atoms with E-state index in [-0.39, 0.29) is 11.0 Å². The Morgan fingerprint density at radius 2 is 1.74 bits per heavy atom. The molecule has 0 radical (unpaired) electrons. The SMILES string of the molecule is CSc1nc2c(c(=O)n1Cc1ccccc1)[C@](C)(C1CCCCC1)Cc1ccccc1-2. The molecular weight excluding hydrogens is 400 g/mol. The first-order valence-corrected chi connectivity index (χ1v) is 12.7. The molecule has 3 aromatic rings. The number of thioether (sulfide) groups is 1. The quantitative estimate of drug-likeness (QED) is 0.372. The summed E-state index contributed by atoms with van der Waals surface area (Å²) in [5, 5.41) is 0.801. The third-order valence-corrected chi connectivity index (χ3v) is 8.08. The van der Waals surface area contributed by atoms with Gasteiger partial charge in [-0.1, -0.05) is 92.5 Å². The fourth-order valence-corrected chi connectivity index (χ4v) is 6.33. The van der Waals surface area contributed by atoms with E-state index in [0.29, 0.717) is 12.5 Å². The summed E-state index contributed by atoms with van der Waals surface area (Å²) in [6.45, 7) is 2.91. The lowest BCUT2D eigenvalue weighted by Gasteiger charge is -2.44. The van der Waals surface area contributed by atoms with Crippen molar-refractivity contribution in [3.05, 3.63) is 81.6 Å². The van der Waals surface area contributed by atoms with Crippen LogP contribution in [0.5, 0.6) is 0 Å². The fraction of sp³-hybridized carbons (Fsp3) is 0.407. The molecule has 0 bridgehead atoms. The topological polar surface area (TPSA) is 34.9 Å². The van der Waals surface area contributed by atoms with Crippen molar-refractivity contribution in [2.75, 3.05) is 6.26 Å². The Kier molecular flexibility index (Phi) is 5.51. The summed E-state index contributed by atoms with van der Waals surface area (Å²) >= 11 is 1.56. The Labute approximate surface area is 188 Å². The van der Waals surface area contributed by atoms with Crippen LogP contribution < -0.4 is 5.56 Å². The Morgan fingerprint density at radius 1 is 1.03 bits per heavy atom. The summed E-state index contributed by atoms with van der Waals surface area (Å²) in [6.07, 6.45) is 9.23. The van der Waals surface area contributed by atoms with E-state index in [1.165, 1.54) is 37.7 Å². The molecule has 2 aliphatic rings. The van der Waals surface area contributed by atoms with Crippen molar-refractivity contribution in [2.24, 2.45) is 5.92 Å². The monoisotopic (exact) mass is 430 g/mol. The maximum atomic E-state index is 14.2. The summed E-state index contributed by atoms with van der Waals surface area (Å²) in [5.74, 6) is 0.535. The molecule has 2 aromatic carbocycles. The Bertz CT molecular complexity index is 1150. The van der Waals surface area contributed by atoms with Gasteiger partial charge in [-0.05, 0) is 42.6 Å². The predicted molar refractivity (Wildman–Crippen MR) is 129 cm³/mol. The first kappa shape index (κ1) is 20.6. The fourth-order valence-electron chi connectivity index (χ4n) is 5.78. The smallest absolute Gasteiger partial charge is 0.258 e. The number of hydrogen-bond acceptors (Lipinski definition) is 3. The van der Waals surface area contributed by atoms with E-state index in [1.54, 1.807) is 11.8 Å². The number of rotatable bonds is 4. The van der Waals surface area contributed by atoms with Gasteiger partial charge in [-0.3, -0.25) is 9.36 Å². The summed E-state index contributed by atoms with van der Waals surface area (Å²) in [5.41, 5.74) is 5.48. The number of fused-ring (bicyclic) bond motifs is 3. The lowest BCUT2D eigenvalue weighted by molar-refractivity contribution is 0.212. The van der Waals surface area contributed by atoms with Crippen molar-refractivity contribution in [1.82, 2.24) is 9.55 Å². The van der Waals surface area contributed by atoms with Crippen LogP contribution in [0.3, 0.4) is 0 Å². The average Bonchev–Trinajstić information content (AvgIpc) is 2.81. The predicted octanol–water partition coefficient (Wildman–Crippen LogP) is 6.07. The van der Waals surface area contributed by atoms with Crippen LogP contribution in [0.4, 0.5) is 0 Å². The molecule has 0 saturated heterocycles. The average molecular weight is 431 g/mol. The summed E-state index contributed by atoms with van der Waals surface area (Å²) in [7, 11) is 0. The first-order valence-electron chi connectivity index (χ1n) is 11.4. The second-order valence-electron chi connectivity index (χ2n) is 9.29. The molecule has 3 nitrogen and oxygen atoms in total. The van der Waals surface area contributed by atoms with Gasteiger partial charge in [-0.25, -0.2) is 4.98 Å². The van der Waals surface area contributed by atoms with Crippen molar-refractivity contribution in [3.8, 4) is 11.3 Å². The molecule has 0 aliphatic heterocycles. The molecule has 1 saturated carbocycles. The second-order valence-corrected chi connectivity index (χ2v) is 10.1. The van der Waals surface area contributed by atoms with Crippen molar-refractivity contribution in [3.63, 3.8) is 0 Å². The van der Waals surface area contributed by atoms with Gasteiger partial charge in [0, 0.05) is 11.0 Å². The van der Waals surface area contributed by atoms with E-state index in [0.717, 1.165) is 34.0 Å². The van der Waals surface area contributed by atoms with Gasteiger partial charge in [-0.2, -0.15) is 0 Å². The Balaban J connectivity index is 1.74. The van der Waals surface area contributed by atoms with Crippen molar-refractivity contribution in [1.29, 1.82) is 0 Å². The molecule has 1 heterocycles. The molecule has 160 valence electrons. The third kappa shape index (κ3) is 3.55. The molecular formula is C27H30N2OS. The minimum absolute atomic E-state index is 0.153. The summed E-state index contributed by atoms with van der Waals surface area (Å²) < 4.78 is 1.91. The van der Waals surface area contributed by atoms with Gasteiger partial charge in [0.2, 0.25) is 0 Å². The highest BCUT2D eigenvalue weighted by molar-refractivity contribution is 7.98. The molecule has 0 amide bonds. The van der Waals surface area contributed by atoms with E-state index >= 15 is 0 Å². The largest absolute Gasteiger partial charge is 0.283 e. The van der Waals surface area contributed by atoms with Gasteiger partial charge in [0.1, 0.15) is 0 Å². The van der Waals surface area contributed by atoms with Crippen LogP contribution in [0.2, 0.25) is 0 Å². The molecule has 1 aromatic heterocycles. The van der Waals surface area contributed by atoms with Gasteiger partial charge in [0.15, 0.2) is 5.16 Å². The molecule has 4 heteroatoms. The standard InChI is InChI=1S/C27H30N2OS/c1-27(21-14-7-4-8-15-21)17-20-13-9-10-16-22(20)24-23(27)25(30)29(26(28-24)31-2)18-19-11-5-3-6-12-19/h3,5-6,9-13,16,21H,4,7-8,14-15,17-18H2,1-2H3/t27-/m0/s1. The van der Waals surface area contributed by atoms with Gasteiger partial charge in [-0.15, -0.1) is 0 Å². The zero-order valence-corrected chi connectivity index (χ0v) is 19.3. The molecule has 1 fully saturated rings. The van der Waals surface area contributed by atoms with Gasteiger partial charge >= 0.3 is 0 Å². The van der Waals surface area contributed by atoms with Crippen molar-refractivity contribution < 1.29 is 0 Å². The van der Waals surface area contributed by atoms with E-state index in [1.807, 2.05) is 29.0 Å². The summed E-state index contributed by atoms with van der Waals surface area (Å²) in [6, 6.07) is 18.8. The second kappa shape index (κ2) is 8.31. The van der Waals surface area contributed by atoms with Crippen LogP contribution in [0.15, 0.2) is 64.5 Å². The highest BCUT2D eigenvalue weighted by Crippen LogP contribution is 2.49. The number of hydrogen-bond donors (Lipinski definition) is 0. The number of aromatic nitrogens is 2. The molecule has 0 unspecified atom stereocenters. The highest BCUT2D eigenvalue weighted by Gasteiger charge is 2.44. The molecule has 2 aliphatic carbocycles. The van der Waals surface area contributed by atoms with Crippen LogP contribution in [0, 0.1) is 5.92 Å². The zero-order chi connectivity index (χ0) is 21.4. The molecule has 0 N–H and O–H groups in total. The van der Waals surface area contributed by atoms with Crippen molar-refractivity contribution >= 4 is 11.8 Å². The van der Waals surface area contributed by atoms with Gasteiger partial charge in [0.25, 0.3) is 5.56 Å². The minimum Gasteiger partial charge on any atom is -0.283 e. The van der Waals surface area contributed by atoms with E-state index in [9.17, 15) is 4.79 Å². The lowest BCUT2D eigenvalue weighted by atomic mass is 9.60. The molecule has 0 spiro atoms. The van der Waals surface area contributed by atoms with Crippen LogP contribution in [-0.2, 0) is 18.4 Å².